The normalized spacial score (nSPS) is 43.7. The molecule has 2 saturated heterocycles. The molecule has 3 aliphatic rings. The van der Waals surface area contributed by atoms with Crippen LogP contribution in [0.5, 0.6) is 0 Å². The number of carbonyl (C=O) groups excluding carboxylic acids is 1. The van der Waals surface area contributed by atoms with Crippen LogP contribution in [0.15, 0.2) is 23.8 Å². The minimum atomic E-state index is -0.233. The third-order valence-corrected chi connectivity index (χ3v) is 4.57. The number of carbonyl (C=O) groups is 1. The smallest absolute Gasteiger partial charge is 0.334 e. The molecule has 0 bridgehead atoms. The third-order valence-electron chi connectivity index (χ3n) is 4.57. The van der Waals surface area contributed by atoms with Gasteiger partial charge in [0.2, 0.25) is 0 Å². The highest BCUT2D eigenvalue weighted by molar-refractivity contribution is 5.91. The highest BCUT2D eigenvalue weighted by Crippen LogP contribution is 2.49. The number of hydrogen-bond acceptors (Lipinski definition) is 3. The molecule has 0 radical (unpaired) electrons. The number of allylic oxidation sites excluding steroid dienone is 2. The number of fused-ring (bicyclic) bond motifs is 3. The van der Waals surface area contributed by atoms with Gasteiger partial charge in [-0.15, -0.1) is 0 Å². The average Bonchev–Trinajstić information content (AvgIpc) is 2.90. The maximum Gasteiger partial charge on any atom is 0.334 e. The van der Waals surface area contributed by atoms with Crippen molar-refractivity contribution in [3.05, 3.63) is 23.8 Å². The first-order valence-electron chi connectivity index (χ1n) is 6.74. The molecule has 0 N–H and O–H groups in total. The predicted octanol–water partition coefficient (Wildman–Crippen LogP) is 2.76. The lowest BCUT2D eigenvalue weighted by atomic mass is 9.84. The molecular weight excluding hydrogens is 228 g/mol. The van der Waals surface area contributed by atoms with Crippen molar-refractivity contribution in [3.63, 3.8) is 0 Å². The molecule has 18 heavy (non-hydrogen) atoms. The van der Waals surface area contributed by atoms with E-state index in [0.717, 1.165) is 25.7 Å². The van der Waals surface area contributed by atoms with Crippen molar-refractivity contribution in [2.45, 2.75) is 57.3 Å². The van der Waals surface area contributed by atoms with Gasteiger partial charge in [0.15, 0.2) is 0 Å². The molecule has 3 heteroatoms. The zero-order valence-electron chi connectivity index (χ0n) is 11.1. The van der Waals surface area contributed by atoms with Gasteiger partial charge in [-0.3, -0.25) is 0 Å². The van der Waals surface area contributed by atoms with Crippen LogP contribution in [0.1, 0.15) is 39.5 Å². The summed E-state index contributed by atoms with van der Waals surface area (Å²) in [6.07, 6.45) is 6.25. The first-order chi connectivity index (χ1) is 8.51. The lowest BCUT2D eigenvalue weighted by molar-refractivity contribution is -0.140. The summed E-state index contributed by atoms with van der Waals surface area (Å²) in [4.78, 5) is 11.7. The molecular formula is C15H20O3. The Morgan fingerprint density at radius 2 is 2.28 bits per heavy atom. The number of ether oxygens (including phenoxy) is 2. The van der Waals surface area contributed by atoms with Crippen LogP contribution in [0.2, 0.25) is 0 Å². The van der Waals surface area contributed by atoms with E-state index in [-0.39, 0.29) is 29.7 Å². The summed E-state index contributed by atoms with van der Waals surface area (Å²) in [5, 5.41) is 0. The van der Waals surface area contributed by atoms with Crippen molar-refractivity contribution in [3.8, 4) is 0 Å². The van der Waals surface area contributed by atoms with Crippen LogP contribution >= 0.6 is 0 Å². The van der Waals surface area contributed by atoms with E-state index in [1.807, 2.05) is 0 Å². The summed E-state index contributed by atoms with van der Waals surface area (Å²) in [5.74, 6) is -0.102. The minimum Gasteiger partial charge on any atom is -0.455 e. The van der Waals surface area contributed by atoms with Crippen LogP contribution < -0.4 is 0 Å². The zero-order chi connectivity index (χ0) is 12.9. The molecule has 2 aliphatic heterocycles. The molecule has 0 aromatic carbocycles. The van der Waals surface area contributed by atoms with E-state index in [0.29, 0.717) is 5.57 Å². The van der Waals surface area contributed by atoms with E-state index in [1.54, 1.807) is 0 Å². The van der Waals surface area contributed by atoms with Gasteiger partial charge in [0.25, 0.3) is 0 Å². The molecule has 0 amide bonds. The molecule has 0 saturated carbocycles. The van der Waals surface area contributed by atoms with Gasteiger partial charge >= 0.3 is 5.97 Å². The van der Waals surface area contributed by atoms with Crippen molar-refractivity contribution < 1.29 is 14.3 Å². The monoisotopic (exact) mass is 248 g/mol. The van der Waals surface area contributed by atoms with E-state index in [1.165, 1.54) is 5.57 Å². The van der Waals surface area contributed by atoms with Crippen molar-refractivity contribution in [2.75, 3.05) is 0 Å². The highest BCUT2D eigenvalue weighted by Gasteiger charge is 2.61. The van der Waals surface area contributed by atoms with Crippen molar-refractivity contribution in [1.29, 1.82) is 0 Å². The Labute approximate surface area is 108 Å². The second kappa shape index (κ2) is 3.95. The molecule has 0 aromatic rings. The number of hydrogen-bond donors (Lipinski definition) is 0. The van der Waals surface area contributed by atoms with Crippen LogP contribution in [0, 0.1) is 5.92 Å². The first kappa shape index (κ1) is 12.0. The Balaban J connectivity index is 1.87. The molecule has 0 spiro atoms. The molecule has 0 aromatic heterocycles. The van der Waals surface area contributed by atoms with E-state index < -0.39 is 0 Å². The second-order valence-electron chi connectivity index (χ2n) is 5.98. The Morgan fingerprint density at radius 3 is 3.06 bits per heavy atom. The minimum absolute atomic E-state index is 0.0671. The second-order valence-corrected chi connectivity index (χ2v) is 5.98. The Kier molecular flexibility index (Phi) is 2.63. The number of esters is 1. The lowest BCUT2D eigenvalue weighted by Crippen LogP contribution is -2.28. The van der Waals surface area contributed by atoms with Crippen LogP contribution in [-0.4, -0.2) is 23.8 Å². The van der Waals surface area contributed by atoms with Gasteiger partial charge in [0.05, 0.1) is 5.60 Å². The molecule has 2 fully saturated rings. The van der Waals surface area contributed by atoms with Gasteiger partial charge in [-0.25, -0.2) is 4.79 Å². The SMILES string of the molecule is C=C1C(=O)O[C@@H]2[C@@H]1CCC(C)=CCC[C@@]1(C)O[C@@H]21. The number of epoxide rings is 1. The Bertz CT molecular complexity index is 437. The van der Waals surface area contributed by atoms with Gasteiger partial charge in [-0.05, 0) is 39.5 Å². The average molecular weight is 248 g/mol. The Morgan fingerprint density at radius 1 is 1.50 bits per heavy atom. The molecule has 2 heterocycles. The maximum atomic E-state index is 11.7. The highest BCUT2D eigenvalue weighted by atomic mass is 16.6. The van der Waals surface area contributed by atoms with Crippen molar-refractivity contribution in [1.82, 2.24) is 0 Å². The number of rotatable bonds is 0. The van der Waals surface area contributed by atoms with Crippen molar-refractivity contribution in [2.24, 2.45) is 5.92 Å². The van der Waals surface area contributed by atoms with Crippen LogP contribution in [0.4, 0.5) is 0 Å². The lowest BCUT2D eigenvalue weighted by Gasteiger charge is -2.19. The van der Waals surface area contributed by atoms with Crippen LogP contribution in [0.3, 0.4) is 0 Å². The standard InChI is InChI=1S/C15H20O3/c1-9-5-4-8-15(3)13(18-15)12-11(7-6-9)10(2)14(16)17-12/h5,11-13H,2,4,6-8H2,1,3H3/t11-,12-,13+,15-/m1/s1. The molecule has 0 unspecified atom stereocenters. The summed E-state index contributed by atoms with van der Waals surface area (Å²) in [6.45, 7) is 8.17. The van der Waals surface area contributed by atoms with Crippen molar-refractivity contribution >= 4 is 5.97 Å². The first-order valence-corrected chi connectivity index (χ1v) is 6.74. The van der Waals surface area contributed by atoms with Crippen LogP contribution in [-0.2, 0) is 14.3 Å². The summed E-state index contributed by atoms with van der Waals surface area (Å²) in [7, 11) is 0. The summed E-state index contributed by atoms with van der Waals surface area (Å²) >= 11 is 0. The molecule has 3 nitrogen and oxygen atoms in total. The quantitative estimate of drug-likeness (QED) is 0.286. The zero-order valence-corrected chi connectivity index (χ0v) is 11.1. The molecule has 4 atom stereocenters. The fourth-order valence-electron chi connectivity index (χ4n) is 3.20. The topological polar surface area (TPSA) is 38.8 Å². The maximum absolute atomic E-state index is 11.7. The molecule has 3 rings (SSSR count). The fourth-order valence-corrected chi connectivity index (χ4v) is 3.20. The molecule has 1 aliphatic carbocycles. The largest absolute Gasteiger partial charge is 0.455 e. The van der Waals surface area contributed by atoms with Gasteiger partial charge in [-0.1, -0.05) is 18.2 Å². The Hall–Kier alpha value is -1.09. The van der Waals surface area contributed by atoms with Gasteiger partial charge in [-0.2, -0.15) is 0 Å². The van der Waals surface area contributed by atoms with Gasteiger partial charge in [0.1, 0.15) is 12.2 Å². The van der Waals surface area contributed by atoms with Crippen LogP contribution in [0.25, 0.3) is 0 Å². The van der Waals surface area contributed by atoms with E-state index in [4.69, 9.17) is 9.47 Å². The van der Waals surface area contributed by atoms with Gasteiger partial charge < -0.3 is 9.47 Å². The summed E-state index contributed by atoms with van der Waals surface area (Å²) in [5.41, 5.74) is 1.91. The van der Waals surface area contributed by atoms with E-state index >= 15 is 0 Å². The summed E-state index contributed by atoms with van der Waals surface area (Å²) in [6, 6.07) is 0. The third kappa shape index (κ3) is 1.81. The summed E-state index contributed by atoms with van der Waals surface area (Å²) < 4.78 is 11.3. The fraction of sp³-hybridized carbons (Fsp3) is 0.667. The van der Waals surface area contributed by atoms with E-state index in [2.05, 4.69) is 26.5 Å². The molecule has 98 valence electrons. The predicted molar refractivity (Wildman–Crippen MR) is 68.0 cm³/mol. The van der Waals surface area contributed by atoms with E-state index in [9.17, 15) is 4.79 Å². The van der Waals surface area contributed by atoms with Gasteiger partial charge in [0, 0.05) is 11.5 Å².